The largest absolute Gasteiger partial charge is 0.264 e. The molecule has 0 atom stereocenters. The highest BCUT2D eigenvalue weighted by Crippen LogP contribution is 2.31. The topological polar surface area (TPSA) is 12.9 Å². The molecule has 1 nitrogen and oxygen atoms in total. The molecule has 82 valence electrons. The summed E-state index contributed by atoms with van der Waals surface area (Å²) in [7, 11) is 0. The van der Waals surface area contributed by atoms with Gasteiger partial charge in [-0.2, -0.15) is 0 Å². The summed E-state index contributed by atoms with van der Waals surface area (Å²) in [5.41, 5.74) is 2.62. The molecule has 0 unspecified atom stereocenters. The normalized spacial score (nSPS) is 11.7. The quantitative estimate of drug-likeness (QED) is 0.689. The average molecular weight is 211 g/mol. The van der Waals surface area contributed by atoms with E-state index in [2.05, 4.69) is 50.5 Å². The van der Waals surface area contributed by atoms with Gasteiger partial charge in [-0.25, -0.2) is 0 Å². The third-order valence-electron chi connectivity index (χ3n) is 2.82. The van der Waals surface area contributed by atoms with Gasteiger partial charge in [0.15, 0.2) is 0 Å². The molecule has 0 saturated heterocycles. The van der Waals surface area contributed by atoms with E-state index in [0.717, 1.165) is 0 Å². The Bertz CT molecular complexity index is 533. The van der Waals surface area contributed by atoms with Crippen molar-refractivity contribution in [3.8, 4) is 0 Å². The molecule has 16 heavy (non-hydrogen) atoms. The summed E-state index contributed by atoms with van der Waals surface area (Å²) in [6, 6.07) is 6.41. The molecule has 0 aliphatic heterocycles. The highest BCUT2D eigenvalue weighted by molar-refractivity contribution is 5.88. The maximum absolute atomic E-state index is 4.22. The van der Waals surface area contributed by atoms with E-state index in [1.54, 1.807) is 0 Å². The summed E-state index contributed by atoms with van der Waals surface area (Å²) in [6.45, 7) is 10.5. The van der Waals surface area contributed by atoms with E-state index in [4.69, 9.17) is 0 Å². The zero-order valence-electron chi connectivity index (χ0n) is 10.1. The molecule has 1 heterocycles. The molecular formula is C15H17N. The molecular weight excluding hydrogens is 194 g/mol. The number of benzene rings is 1. The van der Waals surface area contributed by atoms with Gasteiger partial charge in [-0.05, 0) is 34.1 Å². The lowest BCUT2D eigenvalue weighted by Gasteiger charge is -2.22. The fourth-order valence-corrected chi connectivity index (χ4v) is 1.96. The van der Waals surface area contributed by atoms with Crippen molar-refractivity contribution >= 4 is 16.8 Å². The molecule has 0 aliphatic rings. The molecule has 0 aliphatic carbocycles. The first kappa shape index (κ1) is 10.9. The van der Waals surface area contributed by atoms with Crippen LogP contribution in [0.25, 0.3) is 16.8 Å². The number of rotatable bonds is 1. The van der Waals surface area contributed by atoms with Crippen molar-refractivity contribution in [3.05, 3.63) is 48.3 Å². The second-order valence-electron chi connectivity index (χ2n) is 5.12. The van der Waals surface area contributed by atoms with Gasteiger partial charge in [-0.3, -0.25) is 4.98 Å². The Labute approximate surface area is 96.8 Å². The summed E-state index contributed by atoms with van der Waals surface area (Å²) >= 11 is 0. The Morgan fingerprint density at radius 1 is 1.25 bits per heavy atom. The zero-order valence-corrected chi connectivity index (χ0v) is 10.1. The Hall–Kier alpha value is -1.63. The SMILES string of the molecule is C=Cc1cc(C(C)(C)C)c2cnccc2c1. The minimum atomic E-state index is 0.125. The second-order valence-corrected chi connectivity index (χ2v) is 5.12. The fourth-order valence-electron chi connectivity index (χ4n) is 1.96. The summed E-state index contributed by atoms with van der Waals surface area (Å²) in [4.78, 5) is 4.22. The van der Waals surface area contributed by atoms with Crippen molar-refractivity contribution in [1.29, 1.82) is 0 Å². The van der Waals surface area contributed by atoms with Crippen LogP contribution in [0.3, 0.4) is 0 Å². The smallest absolute Gasteiger partial charge is 0.0349 e. The van der Waals surface area contributed by atoms with Gasteiger partial charge >= 0.3 is 0 Å². The van der Waals surface area contributed by atoms with E-state index in [1.807, 2.05) is 18.5 Å². The van der Waals surface area contributed by atoms with Crippen molar-refractivity contribution in [2.45, 2.75) is 26.2 Å². The summed E-state index contributed by atoms with van der Waals surface area (Å²) in [6.07, 6.45) is 5.68. The number of pyridine rings is 1. The number of aromatic nitrogens is 1. The van der Waals surface area contributed by atoms with Crippen LogP contribution in [0.4, 0.5) is 0 Å². The van der Waals surface area contributed by atoms with E-state index in [0.29, 0.717) is 0 Å². The summed E-state index contributed by atoms with van der Waals surface area (Å²) in [5, 5.41) is 2.47. The minimum Gasteiger partial charge on any atom is -0.264 e. The Morgan fingerprint density at radius 2 is 2.00 bits per heavy atom. The maximum atomic E-state index is 4.22. The van der Waals surface area contributed by atoms with Crippen LogP contribution in [0.5, 0.6) is 0 Å². The lowest BCUT2D eigenvalue weighted by Crippen LogP contribution is -2.12. The van der Waals surface area contributed by atoms with Gasteiger partial charge in [0, 0.05) is 17.8 Å². The van der Waals surface area contributed by atoms with E-state index < -0.39 is 0 Å². The molecule has 2 aromatic rings. The van der Waals surface area contributed by atoms with Gasteiger partial charge in [0.1, 0.15) is 0 Å². The van der Waals surface area contributed by atoms with Crippen LogP contribution in [0.2, 0.25) is 0 Å². The van der Waals surface area contributed by atoms with Crippen molar-refractivity contribution in [2.75, 3.05) is 0 Å². The monoisotopic (exact) mass is 211 g/mol. The van der Waals surface area contributed by atoms with Gasteiger partial charge in [-0.1, -0.05) is 39.5 Å². The molecule has 0 bridgehead atoms. The Balaban J connectivity index is 2.84. The molecule has 1 heteroatoms. The van der Waals surface area contributed by atoms with E-state index in [9.17, 15) is 0 Å². The van der Waals surface area contributed by atoms with E-state index in [1.165, 1.54) is 21.9 Å². The zero-order chi connectivity index (χ0) is 11.8. The lowest BCUT2D eigenvalue weighted by molar-refractivity contribution is 0.595. The maximum Gasteiger partial charge on any atom is 0.0349 e. The minimum absolute atomic E-state index is 0.125. The van der Waals surface area contributed by atoms with E-state index >= 15 is 0 Å². The van der Waals surface area contributed by atoms with Gasteiger partial charge < -0.3 is 0 Å². The first-order valence-corrected chi connectivity index (χ1v) is 5.53. The molecule has 0 radical (unpaired) electrons. The first-order chi connectivity index (χ1) is 7.52. The third-order valence-corrected chi connectivity index (χ3v) is 2.82. The fraction of sp³-hybridized carbons (Fsp3) is 0.267. The van der Waals surface area contributed by atoms with Crippen LogP contribution in [0.15, 0.2) is 37.2 Å². The average Bonchev–Trinajstić information content (AvgIpc) is 2.26. The van der Waals surface area contributed by atoms with Gasteiger partial charge in [0.25, 0.3) is 0 Å². The van der Waals surface area contributed by atoms with E-state index in [-0.39, 0.29) is 5.41 Å². The van der Waals surface area contributed by atoms with Crippen LogP contribution in [-0.2, 0) is 5.41 Å². The summed E-state index contributed by atoms with van der Waals surface area (Å²) < 4.78 is 0. The molecule has 1 aromatic carbocycles. The van der Waals surface area contributed by atoms with Gasteiger partial charge in [-0.15, -0.1) is 0 Å². The van der Waals surface area contributed by atoms with Crippen LogP contribution < -0.4 is 0 Å². The van der Waals surface area contributed by atoms with Crippen LogP contribution in [0.1, 0.15) is 31.9 Å². The number of fused-ring (bicyclic) bond motifs is 1. The molecule has 0 fully saturated rings. The Morgan fingerprint density at radius 3 is 2.62 bits per heavy atom. The number of hydrogen-bond donors (Lipinski definition) is 0. The Kier molecular flexibility index (Phi) is 2.55. The molecule has 0 N–H and O–H groups in total. The van der Waals surface area contributed by atoms with Crippen LogP contribution in [-0.4, -0.2) is 4.98 Å². The third kappa shape index (κ3) is 1.85. The van der Waals surface area contributed by atoms with Crippen LogP contribution >= 0.6 is 0 Å². The van der Waals surface area contributed by atoms with Crippen molar-refractivity contribution in [3.63, 3.8) is 0 Å². The van der Waals surface area contributed by atoms with Crippen molar-refractivity contribution in [2.24, 2.45) is 0 Å². The predicted octanol–water partition coefficient (Wildman–Crippen LogP) is 4.18. The molecule has 0 amide bonds. The molecule has 0 saturated carbocycles. The predicted molar refractivity (Wildman–Crippen MR) is 70.5 cm³/mol. The molecule has 0 spiro atoms. The van der Waals surface area contributed by atoms with Gasteiger partial charge in [0.05, 0.1) is 0 Å². The molecule has 2 rings (SSSR count). The van der Waals surface area contributed by atoms with Crippen molar-refractivity contribution in [1.82, 2.24) is 4.98 Å². The van der Waals surface area contributed by atoms with Crippen LogP contribution in [0, 0.1) is 0 Å². The number of nitrogens with zero attached hydrogens (tertiary/aromatic N) is 1. The standard InChI is InChI=1S/C15H17N/c1-5-11-8-12-6-7-16-10-13(12)14(9-11)15(2,3)4/h5-10H,1H2,2-4H3. The highest BCUT2D eigenvalue weighted by atomic mass is 14.6. The van der Waals surface area contributed by atoms with Gasteiger partial charge in [0.2, 0.25) is 0 Å². The highest BCUT2D eigenvalue weighted by Gasteiger charge is 2.17. The lowest BCUT2D eigenvalue weighted by atomic mass is 9.83. The molecule has 1 aromatic heterocycles. The van der Waals surface area contributed by atoms with Crippen molar-refractivity contribution < 1.29 is 0 Å². The second kappa shape index (κ2) is 3.75. The number of hydrogen-bond acceptors (Lipinski definition) is 1. The summed E-state index contributed by atoms with van der Waals surface area (Å²) in [5.74, 6) is 0. The first-order valence-electron chi connectivity index (χ1n) is 5.53.